The van der Waals surface area contributed by atoms with E-state index < -0.39 is 0 Å². The Labute approximate surface area is 166 Å². The van der Waals surface area contributed by atoms with E-state index in [1.165, 1.54) is 5.56 Å². The molecule has 2 aliphatic rings. The summed E-state index contributed by atoms with van der Waals surface area (Å²) in [6.45, 7) is 6.43. The molecule has 1 aromatic heterocycles. The monoisotopic (exact) mass is 374 g/mol. The fourth-order valence-corrected chi connectivity index (χ4v) is 4.49. The van der Waals surface area contributed by atoms with Crippen molar-refractivity contribution in [2.24, 2.45) is 5.92 Å². The summed E-state index contributed by atoms with van der Waals surface area (Å²) in [4.78, 5) is 21.7. The zero-order chi connectivity index (χ0) is 19.7. The molecule has 5 nitrogen and oxygen atoms in total. The van der Waals surface area contributed by atoms with E-state index in [0.717, 1.165) is 61.7 Å². The van der Waals surface area contributed by atoms with Gasteiger partial charge in [-0.2, -0.15) is 5.26 Å². The third kappa shape index (κ3) is 3.47. The third-order valence-electron chi connectivity index (χ3n) is 6.00. The zero-order valence-corrected chi connectivity index (χ0v) is 16.6. The molecule has 0 aliphatic carbocycles. The first-order valence-corrected chi connectivity index (χ1v) is 10.1. The van der Waals surface area contributed by atoms with E-state index in [2.05, 4.69) is 28.1 Å². The van der Waals surface area contributed by atoms with Gasteiger partial charge in [-0.3, -0.25) is 4.79 Å². The summed E-state index contributed by atoms with van der Waals surface area (Å²) in [5, 5.41) is 9.53. The van der Waals surface area contributed by atoms with Crippen LogP contribution in [0.15, 0.2) is 30.3 Å². The molecule has 3 heterocycles. The Balaban J connectivity index is 1.39. The number of piperidine rings is 1. The topological polar surface area (TPSA) is 60.2 Å². The van der Waals surface area contributed by atoms with Crippen LogP contribution in [-0.4, -0.2) is 30.5 Å². The molecule has 5 heteroatoms. The van der Waals surface area contributed by atoms with Gasteiger partial charge in [0, 0.05) is 37.4 Å². The minimum Gasteiger partial charge on any atom is -0.355 e. The highest BCUT2D eigenvalue weighted by Gasteiger charge is 2.29. The number of aromatic nitrogens is 1. The number of para-hydroxylation sites is 1. The summed E-state index contributed by atoms with van der Waals surface area (Å²) in [5.74, 6) is 1.44. The van der Waals surface area contributed by atoms with Crippen LogP contribution in [0.5, 0.6) is 0 Å². The Morgan fingerprint density at radius 3 is 2.71 bits per heavy atom. The lowest BCUT2D eigenvalue weighted by Gasteiger charge is -2.34. The van der Waals surface area contributed by atoms with Gasteiger partial charge in [0.25, 0.3) is 0 Å². The number of nitrogens with zero attached hydrogens (tertiary/aromatic N) is 4. The number of carbonyl (C=O) groups is 1. The van der Waals surface area contributed by atoms with Gasteiger partial charge in [0.05, 0.1) is 5.56 Å². The third-order valence-corrected chi connectivity index (χ3v) is 6.00. The Kier molecular flexibility index (Phi) is 5.04. The number of benzene rings is 1. The summed E-state index contributed by atoms with van der Waals surface area (Å²) in [6, 6.07) is 12.5. The maximum atomic E-state index is 12.9. The molecule has 0 atom stereocenters. The van der Waals surface area contributed by atoms with E-state index in [1.807, 2.05) is 36.9 Å². The number of hydrogen-bond acceptors (Lipinski definition) is 4. The van der Waals surface area contributed by atoms with Gasteiger partial charge in [-0.25, -0.2) is 4.98 Å². The summed E-state index contributed by atoms with van der Waals surface area (Å²) in [5.41, 5.74) is 4.96. The fraction of sp³-hybridized carbons (Fsp3) is 0.435. The molecule has 2 aromatic rings. The molecule has 28 heavy (non-hydrogen) atoms. The molecule has 0 radical (unpaired) electrons. The molecule has 1 amide bonds. The van der Waals surface area contributed by atoms with Crippen molar-refractivity contribution in [1.29, 1.82) is 5.26 Å². The Bertz CT molecular complexity index is 938. The van der Waals surface area contributed by atoms with Gasteiger partial charge >= 0.3 is 0 Å². The van der Waals surface area contributed by atoms with Crippen molar-refractivity contribution in [3.63, 3.8) is 0 Å². The standard InChI is InChI=1S/C23H26N4O/c1-16-13-17(2)25-23(20(16)15-24)26-10-7-18(8-11-26)14-22(28)27-12-9-19-5-3-4-6-21(19)27/h3-6,13,18H,7-12,14H2,1-2H3. The van der Waals surface area contributed by atoms with E-state index >= 15 is 0 Å². The number of rotatable bonds is 3. The fourth-order valence-electron chi connectivity index (χ4n) is 4.49. The molecule has 0 bridgehead atoms. The largest absolute Gasteiger partial charge is 0.355 e. The van der Waals surface area contributed by atoms with Gasteiger partial charge in [-0.1, -0.05) is 18.2 Å². The van der Waals surface area contributed by atoms with E-state index in [-0.39, 0.29) is 5.91 Å². The van der Waals surface area contributed by atoms with Crippen LogP contribution in [0.1, 0.15) is 41.6 Å². The van der Waals surface area contributed by atoms with E-state index in [1.54, 1.807) is 0 Å². The van der Waals surface area contributed by atoms with Crippen LogP contribution < -0.4 is 9.80 Å². The lowest BCUT2D eigenvalue weighted by atomic mass is 9.92. The lowest BCUT2D eigenvalue weighted by Crippen LogP contribution is -2.37. The average molecular weight is 374 g/mol. The molecule has 144 valence electrons. The molecule has 1 saturated heterocycles. The number of nitriles is 1. The number of pyridine rings is 1. The van der Waals surface area contributed by atoms with Crippen LogP contribution in [0, 0.1) is 31.1 Å². The smallest absolute Gasteiger partial charge is 0.227 e. The quantitative estimate of drug-likeness (QED) is 0.821. The molecule has 0 unspecified atom stereocenters. The number of amides is 1. The summed E-state index contributed by atoms with van der Waals surface area (Å²) < 4.78 is 0. The van der Waals surface area contributed by atoms with Crippen LogP contribution in [-0.2, 0) is 11.2 Å². The van der Waals surface area contributed by atoms with Crippen molar-refractivity contribution < 1.29 is 4.79 Å². The molecule has 0 N–H and O–H groups in total. The van der Waals surface area contributed by atoms with Gasteiger partial charge < -0.3 is 9.80 Å². The van der Waals surface area contributed by atoms with E-state index in [9.17, 15) is 10.1 Å². The first-order valence-electron chi connectivity index (χ1n) is 10.1. The minimum atomic E-state index is 0.241. The van der Waals surface area contributed by atoms with Crippen LogP contribution >= 0.6 is 0 Å². The van der Waals surface area contributed by atoms with Crippen molar-refractivity contribution in [2.45, 2.75) is 39.5 Å². The molecular formula is C23H26N4O. The van der Waals surface area contributed by atoms with Crippen LogP contribution in [0.3, 0.4) is 0 Å². The van der Waals surface area contributed by atoms with Gasteiger partial charge in [-0.15, -0.1) is 0 Å². The second-order valence-corrected chi connectivity index (χ2v) is 7.95. The number of hydrogen-bond donors (Lipinski definition) is 0. The normalized spacial score (nSPS) is 16.8. The Hall–Kier alpha value is -2.87. The Morgan fingerprint density at radius 2 is 1.96 bits per heavy atom. The highest BCUT2D eigenvalue weighted by atomic mass is 16.2. The number of carbonyl (C=O) groups excluding carboxylic acids is 1. The minimum absolute atomic E-state index is 0.241. The maximum Gasteiger partial charge on any atom is 0.227 e. The second-order valence-electron chi connectivity index (χ2n) is 7.95. The summed E-state index contributed by atoms with van der Waals surface area (Å²) in [7, 11) is 0. The first kappa shape index (κ1) is 18.5. The van der Waals surface area contributed by atoms with Gasteiger partial charge in [-0.05, 0) is 62.3 Å². The van der Waals surface area contributed by atoms with Crippen LogP contribution in [0.2, 0.25) is 0 Å². The zero-order valence-electron chi connectivity index (χ0n) is 16.6. The molecular weight excluding hydrogens is 348 g/mol. The summed E-state index contributed by atoms with van der Waals surface area (Å²) >= 11 is 0. The van der Waals surface area contributed by atoms with Crippen molar-refractivity contribution in [3.05, 3.63) is 52.7 Å². The van der Waals surface area contributed by atoms with Crippen molar-refractivity contribution >= 4 is 17.4 Å². The second kappa shape index (κ2) is 7.63. The van der Waals surface area contributed by atoms with Crippen LogP contribution in [0.4, 0.5) is 11.5 Å². The highest BCUT2D eigenvalue weighted by Crippen LogP contribution is 2.31. The summed E-state index contributed by atoms with van der Waals surface area (Å²) in [6.07, 6.45) is 3.48. The van der Waals surface area contributed by atoms with E-state index in [4.69, 9.17) is 0 Å². The molecule has 1 aromatic carbocycles. The van der Waals surface area contributed by atoms with Crippen LogP contribution in [0.25, 0.3) is 0 Å². The molecule has 1 fully saturated rings. The van der Waals surface area contributed by atoms with Gasteiger partial charge in [0.2, 0.25) is 5.91 Å². The van der Waals surface area contributed by atoms with Crippen molar-refractivity contribution in [2.75, 3.05) is 29.4 Å². The molecule has 2 aliphatic heterocycles. The average Bonchev–Trinajstić information content (AvgIpc) is 3.12. The van der Waals surface area contributed by atoms with Crippen molar-refractivity contribution in [1.82, 2.24) is 4.98 Å². The maximum absolute atomic E-state index is 12.9. The lowest BCUT2D eigenvalue weighted by molar-refractivity contribution is -0.119. The highest BCUT2D eigenvalue weighted by molar-refractivity contribution is 5.95. The predicted molar refractivity (Wildman–Crippen MR) is 110 cm³/mol. The number of fused-ring (bicyclic) bond motifs is 1. The number of aryl methyl sites for hydroxylation is 2. The van der Waals surface area contributed by atoms with E-state index in [0.29, 0.717) is 17.9 Å². The number of anilines is 2. The molecule has 0 spiro atoms. The molecule has 0 saturated carbocycles. The SMILES string of the molecule is Cc1cc(C)c(C#N)c(N2CCC(CC(=O)N3CCc4ccccc43)CC2)n1. The van der Waals surface area contributed by atoms with Gasteiger partial charge in [0.15, 0.2) is 0 Å². The van der Waals surface area contributed by atoms with Crippen molar-refractivity contribution in [3.8, 4) is 6.07 Å². The molecule has 4 rings (SSSR count). The first-order chi connectivity index (χ1) is 13.6. The Morgan fingerprint density at radius 1 is 1.21 bits per heavy atom. The van der Waals surface area contributed by atoms with Gasteiger partial charge in [0.1, 0.15) is 11.9 Å². The predicted octanol–water partition coefficient (Wildman–Crippen LogP) is 3.77.